The predicted molar refractivity (Wildman–Crippen MR) is 195 cm³/mol. The van der Waals surface area contributed by atoms with Crippen LogP contribution in [-0.2, 0) is 43.4 Å². The summed E-state index contributed by atoms with van der Waals surface area (Å²) in [7, 11) is 0. The number of aliphatic carboxylic acids is 1. The van der Waals surface area contributed by atoms with Crippen LogP contribution in [0.4, 0.5) is 87.8 Å². The molecule has 0 fully saturated rings. The van der Waals surface area contributed by atoms with E-state index in [2.05, 4.69) is 10.6 Å². The fourth-order valence-electron chi connectivity index (χ4n) is 5.60. The van der Waals surface area contributed by atoms with Gasteiger partial charge in [-0.1, -0.05) is 68.4 Å². The SMILES string of the molecule is CC(C)[C@@H](CN)C(=O)N[C@H](C)CC(=O)N[C@H](CC(=O)OCc1ccc(CCC(F)(F)C(F)(F)C(F)(F)C(F)(F)C(F)(F)C(F)(F)C(F)(F)C(F)(F)F)cc1)Cc1ccccc1.O=C(O)C(F)(F)F. The summed E-state index contributed by atoms with van der Waals surface area (Å²) in [6.45, 7) is 4.71. The molecule has 9 nitrogen and oxygen atoms in total. The highest BCUT2D eigenvalue weighted by Crippen LogP contribution is 2.64. The van der Waals surface area contributed by atoms with E-state index in [1.54, 1.807) is 51.1 Å². The number of ether oxygens (including phenoxy) is 1. The Morgan fingerprint density at radius 1 is 0.603 bits per heavy atom. The summed E-state index contributed by atoms with van der Waals surface area (Å²) < 4.78 is 268. The first-order valence-corrected chi connectivity index (χ1v) is 19.1. The van der Waals surface area contributed by atoms with E-state index < -0.39 is 121 Å². The van der Waals surface area contributed by atoms with Gasteiger partial charge >= 0.3 is 65.7 Å². The van der Waals surface area contributed by atoms with Crippen molar-refractivity contribution in [2.75, 3.05) is 6.54 Å². The van der Waals surface area contributed by atoms with Crippen molar-refractivity contribution >= 4 is 23.8 Å². The van der Waals surface area contributed by atoms with Crippen LogP contribution in [0.1, 0.15) is 56.7 Å². The van der Waals surface area contributed by atoms with Gasteiger partial charge in [0.1, 0.15) is 6.61 Å². The highest BCUT2D eigenvalue weighted by atomic mass is 19.4. The molecule has 0 aliphatic carbocycles. The molecule has 3 atom stereocenters. The number of esters is 1. The van der Waals surface area contributed by atoms with E-state index in [1.807, 2.05) is 0 Å². The van der Waals surface area contributed by atoms with Gasteiger partial charge in [-0.2, -0.15) is 87.8 Å². The molecule has 2 rings (SSSR count). The molecule has 0 saturated carbocycles. The van der Waals surface area contributed by atoms with Crippen molar-refractivity contribution in [1.82, 2.24) is 10.6 Å². The van der Waals surface area contributed by atoms with Crippen molar-refractivity contribution in [1.29, 1.82) is 0 Å². The molecule has 388 valence electrons. The van der Waals surface area contributed by atoms with Crippen LogP contribution in [0.5, 0.6) is 0 Å². The van der Waals surface area contributed by atoms with Crippen LogP contribution in [0.3, 0.4) is 0 Å². The molecule has 0 aromatic heterocycles. The van der Waals surface area contributed by atoms with E-state index in [1.165, 1.54) is 0 Å². The molecule has 0 saturated heterocycles. The summed E-state index contributed by atoms with van der Waals surface area (Å²) in [6.07, 6.45) is -17.5. The molecule has 2 aromatic carbocycles. The Balaban J connectivity index is 0.00000304. The summed E-state index contributed by atoms with van der Waals surface area (Å²) in [4.78, 5) is 47.1. The number of carboxylic acids is 1. The summed E-state index contributed by atoms with van der Waals surface area (Å²) in [5, 5.41) is 12.5. The third-order valence-corrected chi connectivity index (χ3v) is 9.56. The first kappa shape index (κ1) is 60.9. The van der Waals surface area contributed by atoms with Crippen molar-refractivity contribution < 1.29 is 117 Å². The molecule has 0 heterocycles. The molecule has 0 bridgehead atoms. The lowest BCUT2D eigenvalue weighted by atomic mass is 9.87. The normalized spacial score (nSPS) is 14.8. The summed E-state index contributed by atoms with van der Waals surface area (Å²) >= 11 is 0. The quantitative estimate of drug-likeness (QED) is 0.0679. The number of carbonyl (C=O) groups excluding carboxylic acids is 3. The van der Waals surface area contributed by atoms with E-state index in [0.717, 1.165) is 24.3 Å². The lowest BCUT2D eigenvalue weighted by Crippen LogP contribution is -2.74. The van der Waals surface area contributed by atoms with Crippen molar-refractivity contribution in [3.8, 4) is 0 Å². The zero-order valence-corrected chi connectivity index (χ0v) is 35.1. The predicted octanol–water partition coefficient (Wildman–Crippen LogP) is 9.55. The third kappa shape index (κ3) is 14.5. The van der Waals surface area contributed by atoms with Crippen LogP contribution in [0, 0.1) is 11.8 Å². The molecule has 0 aliphatic rings. The van der Waals surface area contributed by atoms with Crippen LogP contribution in [0.2, 0.25) is 0 Å². The highest BCUT2D eigenvalue weighted by Gasteiger charge is 2.95. The fourth-order valence-corrected chi connectivity index (χ4v) is 5.60. The lowest BCUT2D eigenvalue weighted by molar-refractivity contribution is -0.461. The highest BCUT2D eigenvalue weighted by molar-refractivity contribution is 5.82. The lowest BCUT2D eigenvalue weighted by Gasteiger charge is -2.42. The number of hydrogen-bond donors (Lipinski definition) is 4. The van der Waals surface area contributed by atoms with Crippen molar-refractivity contribution in [3.05, 3.63) is 71.3 Å². The molecule has 0 radical (unpaired) electrons. The maximum atomic E-state index is 14.4. The number of halogens is 20. The van der Waals surface area contributed by atoms with Gasteiger partial charge < -0.3 is 26.2 Å². The molecular weight excluding hydrogens is 986 g/mol. The average molecular weight is 1030 g/mol. The monoisotopic (exact) mass is 1030 g/mol. The van der Waals surface area contributed by atoms with Gasteiger partial charge in [0.25, 0.3) is 0 Å². The zero-order valence-electron chi connectivity index (χ0n) is 35.1. The van der Waals surface area contributed by atoms with E-state index in [4.69, 9.17) is 20.4 Å². The number of aryl methyl sites for hydroxylation is 1. The second-order valence-electron chi connectivity index (χ2n) is 15.3. The number of hydrogen-bond acceptors (Lipinski definition) is 6. The number of carbonyl (C=O) groups is 4. The molecule has 68 heavy (non-hydrogen) atoms. The van der Waals surface area contributed by atoms with Crippen LogP contribution in [0.25, 0.3) is 0 Å². The first-order chi connectivity index (χ1) is 30.5. The van der Waals surface area contributed by atoms with E-state index in [-0.39, 0.29) is 36.8 Å². The summed E-state index contributed by atoms with van der Waals surface area (Å²) in [5.41, 5.74) is 5.96. The van der Waals surface area contributed by atoms with Crippen LogP contribution < -0.4 is 16.4 Å². The first-order valence-electron chi connectivity index (χ1n) is 19.1. The molecule has 0 spiro atoms. The maximum Gasteiger partial charge on any atom is 0.490 e. The Bertz CT molecular complexity index is 1980. The Morgan fingerprint density at radius 2 is 1.04 bits per heavy atom. The van der Waals surface area contributed by atoms with Crippen molar-refractivity contribution in [3.63, 3.8) is 0 Å². The number of amides is 2. The van der Waals surface area contributed by atoms with E-state index >= 15 is 0 Å². The number of rotatable bonds is 22. The minimum atomic E-state index is -8.70. The summed E-state index contributed by atoms with van der Waals surface area (Å²) in [6, 6.07) is 10.7. The maximum absolute atomic E-state index is 14.4. The second-order valence-corrected chi connectivity index (χ2v) is 15.3. The van der Waals surface area contributed by atoms with Crippen LogP contribution in [-0.4, -0.2) is 101 Å². The van der Waals surface area contributed by atoms with E-state index in [0.29, 0.717) is 5.56 Å². The largest absolute Gasteiger partial charge is 0.490 e. The second kappa shape index (κ2) is 22.5. The topological polar surface area (TPSA) is 148 Å². The van der Waals surface area contributed by atoms with Gasteiger partial charge in [-0.3, -0.25) is 14.4 Å². The van der Waals surface area contributed by atoms with Gasteiger partial charge in [0.05, 0.1) is 12.3 Å². The number of carboxylic acid groups (broad SMARTS) is 1. The average Bonchev–Trinajstić information content (AvgIpc) is 3.19. The van der Waals surface area contributed by atoms with Gasteiger partial charge in [0.15, 0.2) is 0 Å². The number of alkyl halides is 20. The van der Waals surface area contributed by atoms with Crippen LogP contribution >= 0.6 is 0 Å². The molecule has 29 heteroatoms. The van der Waals surface area contributed by atoms with Gasteiger partial charge in [0, 0.05) is 31.5 Å². The van der Waals surface area contributed by atoms with Gasteiger partial charge in [-0.25, -0.2) is 4.79 Å². The molecule has 0 aliphatic heterocycles. The molecule has 0 unspecified atom stereocenters. The Kier molecular flexibility index (Phi) is 20.2. The molecule has 5 N–H and O–H groups in total. The van der Waals surface area contributed by atoms with Gasteiger partial charge in [-0.05, 0) is 42.4 Å². The number of benzene rings is 2. The number of nitrogens with one attached hydrogen (secondary N) is 2. The zero-order chi connectivity index (χ0) is 53.3. The summed E-state index contributed by atoms with van der Waals surface area (Å²) in [5.74, 6) is -61.9. The minimum absolute atomic E-state index is 0.0737. The molecule has 2 amide bonds. The Hall–Kier alpha value is -5.12. The Labute approximate surface area is 372 Å². The molecular formula is C39H41F20N3O6. The van der Waals surface area contributed by atoms with Gasteiger partial charge in [0.2, 0.25) is 11.8 Å². The molecule has 2 aromatic rings. The van der Waals surface area contributed by atoms with Crippen molar-refractivity contribution in [2.24, 2.45) is 17.6 Å². The minimum Gasteiger partial charge on any atom is -0.475 e. The van der Waals surface area contributed by atoms with Crippen LogP contribution in [0.15, 0.2) is 54.6 Å². The standard InChI is InChI=1S/C37H40F17N3O4.C2HF3O2/c1-20(2)26(18-55)29(60)56-21(3)15-27(58)57-25(16-23-7-5-4-6-8-23)17-28(59)61-19-24-11-9-22(10-12-24)13-14-30(38,39)31(40,41)32(42,43)33(44,45)34(46,47)35(48,49)36(50,51)37(52,53)54;3-2(4,5)1(6)7/h4-12,20-21,25-26H,13-19,55H2,1-3H3,(H,56,60)(H,57,58);(H,6,7)/t21-,25+,26-;/m1./s1. The fraction of sp³-hybridized carbons (Fsp3) is 0.590. The Morgan fingerprint density at radius 3 is 1.47 bits per heavy atom. The number of nitrogens with two attached hydrogens (primary N) is 1. The van der Waals surface area contributed by atoms with Crippen molar-refractivity contribution in [2.45, 2.75) is 125 Å². The van der Waals surface area contributed by atoms with Gasteiger partial charge in [-0.15, -0.1) is 0 Å². The third-order valence-electron chi connectivity index (χ3n) is 9.56. The van der Waals surface area contributed by atoms with E-state index in [9.17, 15) is 102 Å². The smallest absolute Gasteiger partial charge is 0.475 e.